The van der Waals surface area contributed by atoms with Gasteiger partial charge in [0.1, 0.15) is 0 Å². The summed E-state index contributed by atoms with van der Waals surface area (Å²) in [5.41, 5.74) is -0.0710. The van der Waals surface area contributed by atoms with E-state index in [1.807, 2.05) is 5.32 Å². The first-order chi connectivity index (χ1) is 12.5. The van der Waals surface area contributed by atoms with Crippen molar-refractivity contribution in [2.75, 3.05) is 20.3 Å². The second-order valence-corrected chi connectivity index (χ2v) is 6.62. The smallest absolute Gasteiger partial charge is 0.344 e. The molecule has 9 heteroatoms. The first kappa shape index (κ1) is 21.9. The third kappa shape index (κ3) is 8.21. The molecule has 0 heterocycles. The molecule has 1 rings (SSSR count). The number of imide groups is 1. The van der Waals surface area contributed by atoms with Crippen LogP contribution >= 0.6 is 0 Å². The number of ketones is 1. The molecule has 1 aromatic carbocycles. The highest BCUT2D eigenvalue weighted by Gasteiger charge is 2.17. The molecule has 0 saturated heterocycles. The summed E-state index contributed by atoms with van der Waals surface area (Å²) in [7, 11) is 1.40. The van der Waals surface area contributed by atoms with Gasteiger partial charge in [-0.3, -0.25) is 14.9 Å². The van der Waals surface area contributed by atoms with E-state index in [4.69, 9.17) is 14.2 Å². The highest BCUT2D eigenvalue weighted by Crippen LogP contribution is 2.28. The van der Waals surface area contributed by atoms with Crippen LogP contribution in [-0.4, -0.2) is 49.6 Å². The molecule has 0 aromatic heterocycles. The number of ether oxygens (including phenoxy) is 3. The SMILES string of the molecule is COc1cc(C(C)=O)ccc1OCC(=O)OCC(=O)NC(=O)NC(C)(C)C. The third-order valence-electron chi connectivity index (χ3n) is 3.02. The Hall–Kier alpha value is -3.10. The Bertz CT molecular complexity index is 723. The van der Waals surface area contributed by atoms with E-state index >= 15 is 0 Å². The van der Waals surface area contributed by atoms with Gasteiger partial charge in [0.15, 0.2) is 30.5 Å². The quantitative estimate of drug-likeness (QED) is 0.542. The molecule has 0 bridgehead atoms. The molecule has 0 spiro atoms. The van der Waals surface area contributed by atoms with Crippen LogP contribution < -0.4 is 20.1 Å². The number of methoxy groups -OCH3 is 1. The molecule has 0 aliphatic heterocycles. The molecule has 2 N–H and O–H groups in total. The van der Waals surface area contributed by atoms with Crippen LogP contribution in [0.1, 0.15) is 38.1 Å². The zero-order valence-electron chi connectivity index (χ0n) is 16.0. The molecule has 0 aliphatic rings. The van der Waals surface area contributed by atoms with Crippen molar-refractivity contribution in [2.24, 2.45) is 0 Å². The molecule has 0 aliphatic carbocycles. The van der Waals surface area contributed by atoms with Crippen LogP contribution in [0.2, 0.25) is 0 Å². The highest BCUT2D eigenvalue weighted by atomic mass is 16.6. The summed E-state index contributed by atoms with van der Waals surface area (Å²) in [6.07, 6.45) is 0. The van der Waals surface area contributed by atoms with E-state index in [9.17, 15) is 19.2 Å². The maximum Gasteiger partial charge on any atom is 0.344 e. The van der Waals surface area contributed by atoms with Crippen molar-refractivity contribution in [2.45, 2.75) is 33.2 Å². The molecule has 3 amide bonds. The lowest BCUT2D eigenvalue weighted by Gasteiger charge is -2.20. The number of rotatable bonds is 7. The average Bonchev–Trinajstić information content (AvgIpc) is 2.55. The van der Waals surface area contributed by atoms with E-state index in [1.54, 1.807) is 20.8 Å². The fourth-order valence-electron chi connectivity index (χ4n) is 1.86. The van der Waals surface area contributed by atoms with Crippen molar-refractivity contribution in [1.29, 1.82) is 0 Å². The van der Waals surface area contributed by atoms with Crippen molar-refractivity contribution in [1.82, 2.24) is 10.6 Å². The van der Waals surface area contributed by atoms with E-state index in [-0.39, 0.29) is 17.3 Å². The van der Waals surface area contributed by atoms with Crippen molar-refractivity contribution in [3.05, 3.63) is 23.8 Å². The van der Waals surface area contributed by atoms with Gasteiger partial charge in [0, 0.05) is 11.1 Å². The van der Waals surface area contributed by atoms with Gasteiger partial charge in [0.05, 0.1) is 7.11 Å². The molecule has 9 nitrogen and oxygen atoms in total. The molecule has 27 heavy (non-hydrogen) atoms. The Labute approximate surface area is 157 Å². The number of esters is 1. The van der Waals surface area contributed by atoms with Gasteiger partial charge in [-0.05, 0) is 45.9 Å². The number of nitrogens with one attached hydrogen (secondary N) is 2. The Kier molecular flexibility index (Phi) is 7.77. The molecule has 0 radical (unpaired) electrons. The van der Waals surface area contributed by atoms with Crippen LogP contribution in [0.3, 0.4) is 0 Å². The van der Waals surface area contributed by atoms with E-state index in [1.165, 1.54) is 32.2 Å². The van der Waals surface area contributed by atoms with Crippen molar-refractivity contribution in [3.8, 4) is 11.5 Å². The average molecular weight is 380 g/mol. The van der Waals surface area contributed by atoms with Crippen LogP contribution in [0.15, 0.2) is 18.2 Å². The molecular weight excluding hydrogens is 356 g/mol. The lowest BCUT2D eigenvalue weighted by atomic mass is 10.1. The third-order valence-corrected chi connectivity index (χ3v) is 3.02. The second kappa shape index (κ2) is 9.56. The van der Waals surface area contributed by atoms with Gasteiger partial charge in [0.2, 0.25) is 0 Å². The number of urea groups is 1. The van der Waals surface area contributed by atoms with E-state index in [2.05, 4.69) is 5.32 Å². The molecular formula is C18H24N2O7. The van der Waals surface area contributed by atoms with Gasteiger partial charge >= 0.3 is 12.0 Å². The van der Waals surface area contributed by atoms with Crippen molar-refractivity contribution < 1.29 is 33.4 Å². The fraction of sp³-hybridized carbons (Fsp3) is 0.444. The summed E-state index contributed by atoms with van der Waals surface area (Å²) < 4.78 is 15.1. The van der Waals surface area contributed by atoms with Gasteiger partial charge < -0.3 is 19.5 Å². The number of benzene rings is 1. The lowest BCUT2D eigenvalue weighted by molar-refractivity contribution is -0.150. The second-order valence-electron chi connectivity index (χ2n) is 6.62. The summed E-state index contributed by atoms with van der Waals surface area (Å²) >= 11 is 0. The summed E-state index contributed by atoms with van der Waals surface area (Å²) in [5, 5.41) is 4.58. The molecule has 0 unspecified atom stereocenters. The molecule has 1 aromatic rings. The van der Waals surface area contributed by atoms with Crippen LogP contribution in [0.5, 0.6) is 11.5 Å². The fourth-order valence-corrected chi connectivity index (χ4v) is 1.86. The van der Waals surface area contributed by atoms with Crippen LogP contribution in [0.4, 0.5) is 4.79 Å². The topological polar surface area (TPSA) is 120 Å². The first-order valence-electron chi connectivity index (χ1n) is 8.11. The molecule has 0 atom stereocenters. The number of Topliss-reactive ketones (excluding diaryl/α,β-unsaturated/α-hetero) is 1. The lowest BCUT2D eigenvalue weighted by Crippen LogP contribution is -2.49. The normalized spacial score (nSPS) is 10.6. The van der Waals surface area contributed by atoms with Gasteiger partial charge in [0.25, 0.3) is 5.91 Å². The van der Waals surface area contributed by atoms with Crippen LogP contribution in [0.25, 0.3) is 0 Å². The monoisotopic (exact) mass is 380 g/mol. The largest absolute Gasteiger partial charge is 0.493 e. The zero-order chi connectivity index (χ0) is 20.6. The predicted octanol–water partition coefficient (Wildman–Crippen LogP) is 1.44. The van der Waals surface area contributed by atoms with Gasteiger partial charge in [-0.1, -0.05) is 0 Å². The maximum atomic E-state index is 11.7. The van der Waals surface area contributed by atoms with E-state index in [0.29, 0.717) is 5.56 Å². The van der Waals surface area contributed by atoms with Crippen molar-refractivity contribution in [3.63, 3.8) is 0 Å². The highest BCUT2D eigenvalue weighted by molar-refractivity contribution is 5.96. The Morgan fingerprint density at radius 3 is 2.26 bits per heavy atom. The van der Waals surface area contributed by atoms with Gasteiger partial charge in [-0.25, -0.2) is 9.59 Å². The minimum Gasteiger partial charge on any atom is -0.493 e. The number of carbonyl (C=O) groups is 4. The minimum atomic E-state index is -0.806. The molecule has 148 valence electrons. The Morgan fingerprint density at radius 1 is 1.04 bits per heavy atom. The molecule has 0 saturated carbocycles. The summed E-state index contributed by atoms with van der Waals surface area (Å²) in [6, 6.07) is 3.83. The standard InChI is InChI=1S/C18H24N2O7/c1-11(21)12-6-7-13(14(8-12)25-5)26-10-16(23)27-9-15(22)19-17(24)20-18(2,3)4/h6-8H,9-10H2,1-5H3,(H2,19,20,22,24). The number of amides is 3. The van der Waals surface area contributed by atoms with Crippen LogP contribution in [0, 0.1) is 0 Å². The summed E-state index contributed by atoms with van der Waals surface area (Å²) in [5.74, 6) is -1.19. The van der Waals surface area contributed by atoms with E-state index < -0.39 is 36.7 Å². The number of carbonyl (C=O) groups excluding carboxylic acids is 4. The van der Waals surface area contributed by atoms with Crippen molar-refractivity contribution >= 4 is 23.7 Å². The van der Waals surface area contributed by atoms with Gasteiger partial charge in [-0.2, -0.15) is 0 Å². The Morgan fingerprint density at radius 2 is 1.70 bits per heavy atom. The Balaban J connectivity index is 2.46. The first-order valence-corrected chi connectivity index (χ1v) is 8.11. The number of hydrogen-bond donors (Lipinski definition) is 2. The maximum absolute atomic E-state index is 11.7. The summed E-state index contributed by atoms with van der Waals surface area (Å²) in [6.45, 7) is 5.58. The zero-order valence-corrected chi connectivity index (χ0v) is 16.0. The summed E-state index contributed by atoms with van der Waals surface area (Å²) in [4.78, 5) is 46.1. The predicted molar refractivity (Wildman–Crippen MR) is 95.9 cm³/mol. The van der Waals surface area contributed by atoms with E-state index in [0.717, 1.165) is 0 Å². The van der Waals surface area contributed by atoms with Gasteiger partial charge in [-0.15, -0.1) is 0 Å². The molecule has 0 fully saturated rings. The van der Waals surface area contributed by atoms with Crippen LogP contribution in [-0.2, 0) is 14.3 Å². The minimum absolute atomic E-state index is 0.138. The number of hydrogen-bond acceptors (Lipinski definition) is 7.